The van der Waals surface area contributed by atoms with Crippen LogP contribution in [0.15, 0.2) is 59.8 Å². The lowest BCUT2D eigenvalue weighted by Crippen LogP contribution is -2.42. The molecule has 0 aromatic heterocycles. The molecule has 0 radical (unpaired) electrons. The van der Waals surface area contributed by atoms with Crippen molar-refractivity contribution >= 4 is 5.71 Å². The van der Waals surface area contributed by atoms with Gasteiger partial charge in [0.05, 0.1) is 0 Å². The zero-order valence-corrected chi connectivity index (χ0v) is 13.4. The standard InChI is InChI=1S/C19H22N2O/c1-14(2)21-13-18(16-11-9-15(3)10-12-16)20-22-19(21)17-7-5-4-6-8-17/h4-12,14,19H,13H2,1-3H3. The summed E-state index contributed by atoms with van der Waals surface area (Å²) >= 11 is 0. The molecule has 3 rings (SSSR count). The maximum Gasteiger partial charge on any atom is 0.207 e. The molecule has 22 heavy (non-hydrogen) atoms. The molecule has 0 fully saturated rings. The van der Waals surface area contributed by atoms with E-state index >= 15 is 0 Å². The first-order chi connectivity index (χ1) is 10.6. The van der Waals surface area contributed by atoms with E-state index in [4.69, 9.17) is 4.84 Å². The summed E-state index contributed by atoms with van der Waals surface area (Å²) in [6.45, 7) is 7.27. The summed E-state index contributed by atoms with van der Waals surface area (Å²) in [6.07, 6.45) is -0.115. The Balaban J connectivity index is 1.89. The zero-order valence-electron chi connectivity index (χ0n) is 13.4. The molecule has 0 saturated heterocycles. The van der Waals surface area contributed by atoms with Crippen LogP contribution >= 0.6 is 0 Å². The van der Waals surface area contributed by atoms with Crippen molar-refractivity contribution in [3.05, 3.63) is 71.3 Å². The van der Waals surface area contributed by atoms with Gasteiger partial charge in [-0.25, -0.2) is 0 Å². The van der Waals surface area contributed by atoms with Gasteiger partial charge in [0.25, 0.3) is 0 Å². The van der Waals surface area contributed by atoms with Crippen molar-refractivity contribution in [1.29, 1.82) is 0 Å². The van der Waals surface area contributed by atoms with Gasteiger partial charge in [-0.1, -0.05) is 65.3 Å². The lowest BCUT2D eigenvalue weighted by atomic mass is 10.1. The van der Waals surface area contributed by atoms with Gasteiger partial charge in [0.15, 0.2) is 0 Å². The van der Waals surface area contributed by atoms with Crippen LogP contribution < -0.4 is 0 Å². The van der Waals surface area contributed by atoms with Crippen molar-refractivity contribution in [1.82, 2.24) is 4.90 Å². The summed E-state index contributed by atoms with van der Waals surface area (Å²) in [6, 6.07) is 19.1. The van der Waals surface area contributed by atoms with Crippen molar-refractivity contribution in [2.75, 3.05) is 6.54 Å². The van der Waals surface area contributed by atoms with Gasteiger partial charge in [0.1, 0.15) is 5.71 Å². The van der Waals surface area contributed by atoms with Crippen LogP contribution in [0.1, 0.15) is 36.8 Å². The fourth-order valence-corrected chi connectivity index (χ4v) is 2.67. The van der Waals surface area contributed by atoms with E-state index in [1.807, 2.05) is 18.2 Å². The first-order valence-corrected chi connectivity index (χ1v) is 7.75. The molecule has 114 valence electrons. The maximum absolute atomic E-state index is 5.85. The van der Waals surface area contributed by atoms with Crippen molar-refractivity contribution in [3.63, 3.8) is 0 Å². The van der Waals surface area contributed by atoms with E-state index in [9.17, 15) is 0 Å². The molecular weight excluding hydrogens is 272 g/mol. The summed E-state index contributed by atoms with van der Waals surface area (Å²) in [5.41, 5.74) is 4.51. The molecule has 3 heteroatoms. The average molecular weight is 294 g/mol. The van der Waals surface area contributed by atoms with Gasteiger partial charge in [-0.05, 0) is 20.8 Å². The summed E-state index contributed by atoms with van der Waals surface area (Å²) in [4.78, 5) is 8.18. The normalized spacial score (nSPS) is 18.9. The van der Waals surface area contributed by atoms with E-state index in [-0.39, 0.29) is 6.23 Å². The summed E-state index contributed by atoms with van der Waals surface area (Å²) in [5, 5.41) is 4.39. The quantitative estimate of drug-likeness (QED) is 0.850. The number of benzene rings is 2. The topological polar surface area (TPSA) is 24.8 Å². The van der Waals surface area contributed by atoms with Gasteiger partial charge < -0.3 is 4.84 Å². The largest absolute Gasteiger partial charge is 0.371 e. The molecule has 0 aliphatic carbocycles. The van der Waals surface area contributed by atoms with Crippen LogP contribution in [-0.2, 0) is 4.84 Å². The van der Waals surface area contributed by atoms with Crippen LogP contribution in [-0.4, -0.2) is 23.2 Å². The summed E-state index contributed by atoms with van der Waals surface area (Å²) in [7, 11) is 0. The highest BCUT2D eigenvalue weighted by molar-refractivity contribution is 6.02. The third-order valence-electron chi connectivity index (χ3n) is 4.03. The highest BCUT2D eigenvalue weighted by Crippen LogP contribution is 2.28. The molecule has 1 aliphatic rings. The molecule has 0 N–H and O–H groups in total. The summed E-state index contributed by atoms with van der Waals surface area (Å²) in [5.74, 6) is 0. The smallest absolute Gasteiger partial charge is 0.207 e. The molecule has 3 nitrogen and oxygen atoms in total. The number of hydrogen-bond acceptors (Lipinski definition) is 3. The molecule has 2 aromatic carbocycles. The van der Waals surface area contributed by atoms with Gasteiger partial charge in [0.2, 0.25) is 6.23 Å². The van der Waals surface area contributed by atoms with Gasteiger partial charge in [-0.3, -0.25) is 4.90 Å². The Morgan fingerprint density at radius 3 is 2.36 bits per heavy atom. The van der Waals surface area contributed by atoms with Crippen LogP contribution in [0.3, 0.4) is 0 Å². The third kappa shape index (κ3) is 3.04. The highest BCUT2D eigenvalue weighted by atomic mass is 16.7. The third-order valence-corrected chi connectivity index (χ3v) is 4.03. The molecule has 1 unspecified atom stereocenters. The van der Waals surface area contributed by atoms with Gasteiger partial charge >= 0.3 is 0 Å². The Morgan fingerprint density at radius 2 is 1.73 bits per heavy atom. The minimum absolute atomic E-state index is 0.115. The Labute approximate surface area is 132 Å². The Kier molecular flexibility index (Phi) is 4.25. The van der Waals surface area contributed by atoms with Gasteiger partial charge in [-0.15, -0.1) is 0 Å². The molecule has 2 aromatic rings. The van der Waals surface area contributed by atoms with Gasteiger partial charge in [0, 0.05) is 23.7 Å². The minimum atomic E-state index is -0.115. The first-order valence-electron chi connectivity index (χ1n) is 7.75. The minimum Gasteiger partial charge on any atom is -0.371 e. The fraction of sp³-hybridized carbons (Fsp3) is 0.316. The highest BCUT2D eigenvalue weighted by Gasteiger charge is 2.30. The predicted octanol–water partition coefficient (Wildman–Crippen LogP) is 4.14. The van der Waals surface area contributed by atoms with Crippen LogP contribution in [0.25, 0.3) is 0 Å². The van der Waals surface area contributed by atoms with Crippen LogP contribution in [0.5, 0.6) is 0 Å². The molecule has 1 atom stereocenters. The van der Waals surface area contributed by atoms with Crippen molar-refractivity contribution in [2.45, 2.75) is 33.0 Å². The lowest BCUT2D eigenvalue weighted by molar-refractivity contribution is -0.0809. The number of hydrogen-bond donors (Lipinski definition) is 0. The second-order valence-corrected chi connectivity index (χ2v) is 6.04. The molecule has 0 bridgehead atoms. The predicted molar refractivity (Wildman–Crippen MR) is 89.8 cm³/mol. The van der Waals surface area contributed by atoms with Crippen LogP contribution in [0.2, 0.25) is 0 Å². The molecule has 1 heterocycles. The first kappa shape index (κ1) is 14.8. The molecule has 0 amide bonds. The van der Waals surface area contributed by atoms with E-state index in [0.29, 0.717) is 6.04 Å². The fourth-order valence-electron chi connectivity index (χ4n) is 2.67. The second-order valence-electron chi connectivity index (χ2n) is 6.04. The summed E-state index contributed by atoms with van der Waals surface area (Å²) < 4.78 is 0. The maximum atomic E-state index is 5.85. The number of oxime groups is 1. The van der Waals surface area contributed by atoms with E-state index in [2.05, 4.69) is 67.2 Å². The van der Waals surface area contributed by atoms with Crippen LogP contribution in [0, 0.1) is 6.92 Å². The number of aryl methyl sites for hydroxylation is 1. The number of nitrogens with zero attached hydrogens (tertiary/aromatic N) is 2. The van der Waals surface area contributed by atoms with E-state index in [1.54, 1.807) is 0 Å². The molecule has 0 spiro atoms. The van der Waals surface area contributed by atoms with E-state index < -0.39 is 0 Å². The number of rotatable bonds is 3. The molecule has 0 saturated carbocycles. The van der Waals surface area contributed by atoms with Crippen molar-refractivity contribution in [2.24, 2.45) is 5.16 Å². The molecule has 1 aliphatic heterocycles. The Morgan fingerprint density at radius 1 is 1.05 bits per heavy atom. The van der Waals surface area contributed by atoms with E-state index in [0.717, 1.165) is 23.4 Å². The zero-order chi connectivity index (χ0) is 15.5. The van der Waals surface area contributed by atoms with Crippen molar-refractivity contribution < 1.29 is 4.84 Å². The monoisotopic (exact) mass is 294 g/mol. The van der Waals surface area contributed by atoms with Gasteiger partial charge in [-0.2, -0.15) is 0 Å². The second kappa shape index (κ2) is 6.32. The van der Waals surface area contributed by atoms with Crippen molar-refractivity contribution in [3.8, 4) is 0 Å². The molecular formula is C19H22N2O. The van der Waals surface area contributed by atoms with E-state index in [1.165, 1.54) is 5.56 Å². The lowest BCUT2D eigenvalue weighted by Gasteiger charge is -2.36. The average Bonchev–Trinajstić information content (AvgIpc) is 2.56. The van der Waals surface area contributed by atoms with Crippen LogP contribution in [0.4, 0.5) is 0 Å². The Bertz CT molecular complexity index is 647. The Hall–Kier alpha value is -2.13. The SMILES string of the molecule is Cc1ccc(C2=NOC(c3ccccc3)N(C(C)C)C2)cc1.